The topological polar surface area (TPSA) is 3.24 Å². The van der Waals surface area contributed by atoms with Crippen molar-refractivity contribution in [3.63, 3.8) is 0 Å². The third-order valence-electron chi connectivity index (χ3n) is 6.01. The second kappa shape index (κ2) is 8.01. The Morgan fingerprint density at radius 1 is 0.880 bits per heavy atom. The molecule has 1 nitrogen and oxygen atoms in total. The van der Waals surface area contributed by atoms with E-state index in [0.717, 1.165) is 18.4 Å². The lowest BCUT2D eigenvalue weighted by Crippen LogP contribution is -2.34. The second-order valence-electron chi connectivity index (χ2n) is 7.75. The highest BCUT2D eigenvalue weighted by Crippen LogP contribution is 2.36. The van der Waals surface area contributed by atoms with Crippen LogP contribution in [-0.2, 0) is 0 Å². The molecule has 0 amide bonds. The molecule has 1 aliphatic carbocycles. The molecule has 130 valence electrons. The fourth-order valence-electron chi connectivity index (χ4n) is 4.64. The van der Waals surface area contributed by atoms with Crippen molar-refractivity contribution in [3.05, 3.63) is 77.9 Å². The summed E-state index contributed by atoms with van der Waals surface area (Å²) in [6, 6.07) is 22.0. The molecule has 0 spiro atoms. The Kier molecular flexibility index (Phi) is 5.32. The molecule has 2 aromatic carbocycles. The summed E-state index contributed by atoms with van der Waals surface area (Å²) in [4.78, 5) is 2.67. The number of hydrogen-bond donors (Lipinski definition) is 0. The van der Waals surface area contributed by atoms with Gasteiger partial charge < -0.3 is 0 Å². The van der Waals surface area contributed by atoms with Crippen LogP contribution in [0.2, 0.25) is 0 Å². The van der Waals surface area contributed by atoms with E-state index >= 15 is 0 Å². The van der Waals surface area contributed by atoms with E-state index in [1.165, 1.54) is 56.3 Å². The van der Waals surface area contributed by atoms with Gasteiger partial charge in [-0.25, -0.2) is 0 Å². The maximum Gasteiger partial charge on any atom is 0.0169 e. The molecular weight excluding hydrogens is 302 g/mol. The Morgan fingerprint density at radius 2 is 1.64 bits per heavy atom. The minimum Gasteiger partial charge on any atom is -0.299 e. The van der Waals surface area contributed by atoms with E-state index in [9.17, 15) is 0 Å². The van der Waals surface area contributed by atoms with Crippen LogP contribution < -0.4 is 0 Å². The van der Waals surface area contributed by atoms with Crippen molar-refractivity contribution in [2.45, 2.75) is 38.0 Å². The van der Waals surface area contributed by atoms with E-state index in [-0.39, 0.29) is 0 Å². The van der Waals surface area contributed by atoms with E-state index in [1.807, 2.05) is 0 Å². The number of hydrogen-bond acceptors (Lipinski definition) is 1. The molecular formula is C24H29N. The first-order valence-corrected chi connectivity index (χ1v) is 9.90. The first kappa shape index (κ1) is 16.6. The van der Waals surface area contributed by atoms with Crippen LogP contribution in [0.4, 0.5) is 0 Å². The monoisotopic (exact) mass is 331 g/mol. The number of benzene rings is 2. The summed E-state index contributed by atoms with van der Waals surface area (Å²) in [5.41, 5.74) is 4.49. The summed E-state index contributed by atoms with van der Waals surface area (Å²) in [5.74, 6) is 1.64. The zero-order chi connectivity index (χ0) is 16.9. The van der Waals surface area contributed by atoms with Crippen molar-refractivity contribution in [2.24, 2.45) is 5.92 Å². The van der Waals surface area contributed by atoms with Gasteiger partial charge in [0.1, 0.15) is 0 Å². The maximum absolute atomic E-state index is 2.67. The minimum absolute atomic E-state index is 0.778. The smallest absolute Gasteiger partial charge is 0.0169 e. The van der Waals surface area contributed by atoms with Gasteiger partial charge in [0.25, 0.3) is 0 Å². The molecule has 25 heavy (non-hydrogen) atoms. The largest absolute Gasteiger partial charge is 0.299 e. The molecule has 0 radical (unpaired) electrons. The Bertz CT molecular complexity index is 689. The normalized spacial score (nSPS) is 24.7. The van der Waals surface area contributed by atoms with Crippen LogP contribution in [0.15, 0.2) is 66.7 Å². The highest BCUT2D eigenvalue weighted by atomic mass is 15.1. The molecule has 2 atom stereocenters. The van der Waals surface area contributed by atoms with Crippen molar-refractivity contribution in [1.82, 2.24) is 4.90 Å². The van der Waals surface area contributed by atoms with Crippen molar-refractivity contribution in [1.29, 1.82) is 0 Å². The first-order chi connectivity index (χ1) is 12.4. The standard InChI is InChI=1S/C24H29N/c1-3-9-21(10-4-1)23-14-16-25(17-15-23)19-20-8-7-13-24(18-20)22-11-5-2-6-12-22/h1-6,9-12,14,20,24H,7-8,13,15-19H2/t20-,24-/m1/s1. The summed E-state index contributed by atoms with van der Waals surface area (Å²) in [7, 11) is 0. The lowest BCUT2D eigenvalue weighted by molar-refractivity contribution is 0.205. The molecule has 0 N–H and O–H groups in total. The van der Waals surface area contributed by atoms with Crippen molar-refractivity contribution >= 4 is 5.57 Å². The van der Waals surface area contributed by atoms with Crippen LogP contribution in [-0.4, -0.2) is 24.5 Å². The number of nitrogens with zero attached hydrogens (tertiary/aromatic N) is 1. The van der Waals surface area contributed by atoms with Gasteiger partial charge in [0.15, 0.2) is 0 Å². The van der Waals surface area contributed by atoms with E-state index in [1.54, 1.807) is 5.56 Å². The quantitative estimate of drug-likeness (QED) is 0.689. The molecule has 0 bridgehead atoms. The zero-order valence-corrected chi connectivity index (χ0v) is 15.1. The van der Waals surface area contributed by atoms with Crippen LogP contribution >= 0.6 is 0 Å². The van der Waals surface area contributed by atoms with Gasteiger partial charge in [-0.1, -0.05) is 73.2 Å². The Labute approximate surface area is 152 Å². The summed E-state index contributed by atoms with van der Waals surface area (Å²) in [6.45, 7) is 3.62. The zero-order valence-electron chi connectivity index (χ0n) is 15.1. The fourth-order valence-corrected chi connectivity index (χ4v) is 4.64. The molecule has 2 aromatic rings. The Hall–Kier alpha value is -1.86. The van der Waals surface area contributed by atoms with Crippen LogP contribution in [0.3, 0.4) is 0 Å². The van der Waals surface area contributed by atoms with Gasteiger partial charge in [0.05, 0.1) is 0 Å². The van der Waals surface area contributed by atoms with Crippen molar-refractivity contribution in [2.75, 3.05) is 19.6 Å². The molecule has 1 heterocycles. The molecule has 0 aromatic heterocycles. The summed E-state index contributed by atoms with van der Waals surface area (Å²) in [6.07, 6.45) is 9.20. The van der Waals surface area contributed by atoms with Gasteiger partial charge in [-0.05, 0) is 54.2 Å². The minimum atomic E-state index is 0.778. The molecule has 0 saturated heterocycles. The van der Waals surface area contributed by atoms with Crippen LogP contribution in [0.1, 0.15) is 49.1 Å². The predicted octanol–water partition coefficient (Wildman–Crippen LogP) is 5.75. The summed E-state index contributed by atoms with van der Waals surface area (Å²) >= 11 is 0. The van der Waals surface area contributed by atoms with Gasteiger partial charge in [-0.2, -0.15) is 0 Å². The van der Waals surface area contributed by atoms with E-state index in [2.05, 4.69) is 71.6 Å². The lowest BCUT2D eigenvalue weighted by Gasteiger charge is -2.35. The molecule has 4 rings (SSSR count). The van der Waals surface area contributed by atoms with E-state index in [4.69, 9.17) is 0 Å². The predicted molar refractivity (Wildman–Crippen MR) is 107 cm³/mol. The van der Waals surface area contributed by atoms with Gasteiger partial charge in [-0.3, -0.25) is 4.90 Å². The number of rotatable bonds is 4. The van der Waals surface area contributed by atoms with Gasteiger partial charge in [0.2, 0.25) is 0 Å². The molecule has 0 unspecified atom stereocenters. The summed E-state index contributed by atoms with van der Waals surface area (Å²) in [5, 5.41) is 0. The Morgan fingerprint density at radius 3 is 2.36 bits per heavy atom. The molecule has 1 heteroatoms. The Balaban J connectivity index is 1.33. The third kappa shape index (κ3) is 4.22. The van der Waals surface area contributed by atoms with Crippen LogP contribution in [0.5, 0.6) is 0 Å². The van der Waals surface area contributed by atoms with E-state index in [0.29, 0.717) is 0 Å². The highest BCUT2D eigenvalue weighted by molar-refractivity contribution is 5.66. The van der Waals surface area contributed by atoms with Crippen molar-refractivity contribution < 1.29 is 0 Å². The molecule has 2 aliphatic rings. The van der Waals surface area contributed by atoms with Crippen LogP contribution in [0.25, 0.3) is 5.57 Å². The van der Waals surface area contributed by atoms with Gasteiger partial charge in [-0.15, -0.1) is 0 Å². The first-order valence-electron chi connectivity index (χ1n) is 9.90. The molecule has 1 aliphatic heterocycles. The average Bonchev–Trinajstić information content (AvgIpc) is 2.70. The third-order valence-corrected chi connectivity index (χ3v) is 6.01. The lowest BCUT2D eigenvalue weighted by atomic mass is 9.77. The van der Waals surface area contributed by atoms with E-state index < -0.39 is 0 Å². The highest BCUT2D eigenvalue weighted by Gasteiger charge is 2.25. The average molecular weight is 332 g/mol. The molecule has 1 fully saturated rings. The van der Waals surface area contributed by atoms with Crippen LogP contribution in [0, 0.1) is 5.92 Å². The van der Waals surface area contributed by atoms with Gasteiger partial charge >= 0.3 is 0 Å². The summed E-state index contributed by atoms with van der Waals surface area (Å²) < 4.78 is 0. The molecule has 1 saturated carbocycles. The second-order valence-corrected chi connectivity index (χ2v) is 7.75. The van der Waals surface area contributed by atoms with Crippen molar-refractivity contribution in [3.8, 4) is 0 Å². The SMILES string of the molecule is C1=C(c2ccccc2)CCN(C[C@@H]2CCC[C@@H](c3ccccc3)C2)C1. The fraction of sp³-hybridized carbons (Fsp3) is 0.417. The van der Waals surface area contributed by atoms with Gasteiger partial charge in [0, 0.05) is 19.6 Å². The maximum atomic E-state index is 2.67.